The summed E-state index contributed by atoms with van der Waals surface area (Å²) in [5.74, 6) is -0.274. The Hall–Kier alpha value is -2.73. The van der Waals surface area contributed by atoms with Crippen molar-refractivity contribution in [3.8, 4) is 0 Å². The number of nitrogens with zero attached hydrogens (tertiary/aromatic N) is 2. The van der Waals surface area contributed by atoms with Crippen LogP contribution in [0.1, 0.15) is 91.7 Å². The fraction of sp³-hybridized carbons (Fsp3) is 0.516. The molecule has 0 radical (unpaired) electrons. The molecule has 3 heterocycles. The summed E-state index contributed by atoms with van der Waals surface area (Å²) >= 11 is 0. The number of carboxylic acid groups (broad SMARTS) is 1. The number of fused-ring (bicyclic) bond motifs is 4. The maximum atomic E-state index is 11.6. The van der Waals surface area contributed by atoms with Crippen molar-refractivity contribution in [1.82, 2.24) is 0 Å². The maximum absolute atomic E-state index is 11.6. The summed E-state index contributed by atoms with van der Waals surface area (Å²) in [5, 5.41) is 18.1. The first kappa shape index (κ1) is 25.9. The Morgan fingerprint density at radius 3 is 2.54 bits per heavy atom. The van der Waals surface area contributed by atoms with Crippen LogP contribution in [0.5, 0.6) is 0 Å². The van der Waals surface area contributed by atoms with Gasteiger partial charge in [0.05, 0.1) is 21.9 Å². The number of allylic oxidation sites excluding steroid dienone is 1. The third kappa shape index (κ3) is 4.37. The van der Waals surface area contributed by atoms with Gasteiger partial charge in [-0.05, 0) is 111 Å². The lowest BCUT2D eigenvalue weighted by Gasteiger charge is -2.43. The van der Waals surface area contributed by atoms with E-state index in [2.05, 4.69) is 91.0 Å². The maximum Gasteiger partial charge on any atom is 0.303 e. The first-order valence-corrected chi connectivity index (χ1v) is 16.0. The summed E-state index contributed by atoms with van der Waals surface area (Å²) in [6, 6.07) is 10.2. The standard InChI is InChI=1S/C31H41N3O2Si/c1-18(2)37(11-9-10-29(35)36)27-14-23-21(19(3)16-30(5,6)33-23)12-25(27)32-26-13-22-20(4)17-31(7,8)34-24(22)15-28(26)37/h12-16,18,20,34H,9-11,17H2,1-8H3,(H,35,36). The number of nitrogens with one attached hydrogen (secondary N) is 1. The molecule has 2 aromatic carbocycles. The number of benzene rings is 2. The monoisotopic (exact) mass is 515 g/mol. The third-order valence-electron chi connectivity index (χ3n) is 8.66. The van der Waals surface area contributed by atoms with Gasteiger partial charge in [0.25, 0.3) is 0 Å². The highest BCUT2D eigenvalue weighted by Gasteiger charge is 2.46. The van der Waals surface area contributed by atoms with Gasteiger partial charge in [-0.3, -0.25) is 9.79 Å². The third-order valence-corrected chi connectivity index (χ3v) is 14.5. The lowest BCUT2D eigenvalue weighted by atomic mass is 9.82. The molecule has 0 saturated carbocycles. The summed E-state index contributed by atoms with van der Waals surface area (Å²) in [6.07, 6.45) is 4.18. The lowest BCUT2D eigenvalue weighted by Crippen LogP contribution is -2.67. The van der Waals surface area contributed by atoms with Gasteiger partial charge in [-0.15, -0.1) is 0 Å². The average molecular weight is 516 g/mol. The van der Waals surface area contributed by atoms with Crippen LogP contribution >= 0.6 is 0 Å². The molecule has 2 unspecified atom stereocenters. The minimum atomic E-state index is -2.40. The van der Waals surface area contributed by atoms with Crippen LogP contribution in [0.4, 0.5) is 11.4 Å². The number of aliphatic carboxylic acids is 1. The molecule has 2 aromatic rings. The molecule has 0 aromatic heterocycles. The highest BCUT2D eigenvalue weighted by Crippen LogP contribution is 2.42. The molecule has 3 aliphatic heterocycles. The molecule has 0 aliphatic carbocycles. The van der Waals surface area contributed by atoms with Crippen molar-refractivity contribution in [3.63, 3.8) is 0 Å². The average Bonchev–Trinajstić information content (AvgIpc) is 2.75. The molecule has 196 valence electrons. The molecule has 5 nitrogen and oxygen atoms in total. The normalized spacial score (nSPS) is 24.4. The second-order valence-electron chi connectivity index (χ2n) is 13.0. The summed E-state index contributed by atoms with van der Waals surface area (Å²) in [5.41, 5.74) is 6.23. The Morgan fingerprint density at radius 1 is 1.14 bits per heavy atom. The molecule has 6 heteroatoms. The zero-order chi connectivity index (χ0) is 26.9. The van der Waals surface area contributed by atoms with E-state index in [0.717, 1.165) is 34.4 Å². The molecule has 2 N–H and O–H groups in total. The van der Waals surface area contributed by atoms with Crippen LogP contribution in [0, 0.1) is 0 Å². The van der Waals surface area contributed by atoms with Crippen LogP contribution in [-0.2, 0) is 4.79 Å². The van der Waals surface area contributed by atoms with Gasteiger partial charge in [0.15, 0.2) is 0 Å². The van der Waals surface area contributed by atoms with Gasteiger partial charge in [-0.2, -0.15) is 0 Å². The smallest absolute Gasteiger partial charge is 0.303 e. The summed E-state index contributed by atoms with van der Waals surface area (Å²) in [6.45, 7) is 18.0. The molecule has 0 saturated heterocycles. The van der Waals surface area contributed by atoms with Crippen LogP contribution in [0.2, 0.25) is 11.6 Å². The summed E-state index contributed by atoms with van der Waals surface area (Å²) in [4.78, 5) is 22.0. The minimum absolute atomic E-state index is 0.0309. The molecule has 0 bridgehead atoms. The van der Waals surface area contributed by atoms with Crippen LogP contribution in [0.25, 0.3) is 5.57 Å². The van der Waals surface area contributed by atoms with Crippen LogP contribution in [-0.4, -0.2) is 30.2 Å². The van der Waals surface area contributed by atoms with Gasteiger partial charge < -0.3 is 10.4 Å². The number of hydrogen-bond acceptors (Lipinski definition) is 4. The Bertz CT molecular complexity index is 1450. The first-order valence-electron chi connectivity index (χ1n) is 13.7. The predicted molar refractivity (Wildman–Crippen MR) is 155 cm³/mol. The van der Waals surface area contributed by atoms with E-state index in [1.54, 1.807) is 0 Å². The highest BCUT2D eigenvalue weighted by molar-refractivity contribution is 7.04. The summed E-state index contributed by atoms with van der Waals surface area (Å²) in [7, 11) is -2.40. The van der Waals surface area contributed by atoms with Crippen molar-refractivity contribution in [2.75, 3.05) is 5.32 Å². The molecule has 2 atom stereocenters. The van der Waals surface area contributed by atoms with Crippen LogP contribution in [0.3, 0.4) is 0 Å². The van der Waals surface area contributed by atoms with Crippen molar-refractivity contribution in [2.24, 2.45) is 9.98 Å². The van der Waals surface area contributed by atoms with Gasteiger partial charge in [0.1, 0.15) is 8.07 Å². The Kier molecular flexibility index (Phi) is 6.06. The molecule has 5 rings (SSSR count). The lowest BCUT2D eigenvalue weighted by molar-refractivity contribution is -0.137. The van der Waals surface area contributed by atoms with Crippen LogP contribution in [0.15, 0.2) is 40.3 Å². The molecule has 0 fully saturated rings. The molecular weight excluding hydrogens is 474 g/mol. The topological polar surface area (TPSA) is 74.0 Å². The van der Waals surface area contributed by atoms with Gasteiger partial charge in [0.2, 0.25) is 0 Å². The number of rotatable bonds is 5. The SMILES string of the molecule is CC1=CC(C)(C)N=c2cc3c(cc21)=Nc1cc2c(cc1[Si]3(CCCC(=O)O)C(C)C)NC(C)(C)CC2C. The van der Waals surface area contributed by atoms with Crippen LogP contribution < -0.4 is 26.4 Å². The summed E-state index contributed by atoms with van der Waals surface area (Å²) < 4.78 is 0. The van der Waals surface area contributed by atoms with Gasteiger partial charge in [0, 0.05) is 23.2 Å². The highest BCUT2D eigenvalue weighted by atomic mass is 28.3. The fourth-order valence-electron chi connectivity index (χ4n) is 7.22. The van der Waals surface area contributed by atoms with Crippen molar-refractivity contribution in [1.29, 1.82) is 0 Å². The quantitative estimate of drug-likeness (QED) is 0.531. The predicted octanol–water partition coefficient (Wildman–Crippen LogP) is 5.30. The molecule has 3 aliphatic rings. The van der Waals surface area contributed by atoms with E-state index in [-0.39, 0.29) is 17.5 Å². The fourth-order valence-corrected chi connectivity index (χ4v) is 12.6. The number of carboxylic acids is 1. The number of carbonyl (C=O) groups is 1. The van der Waals surface area contributed by atoms with E-state index < -0.39 is 14.0 Å². The molecule has 0 spiro atoms. The zero-order valence-corrected chi connectivity index (χ0v) is 24.6. The van der Waals surface area contributed by atoms with Crippen molar-refractivity contribution >= 4 is 41.4 Å². The molecule has 37 heavy (non-hydrogen) atoms. The number of hydrogen-bond donors (Lipinski definition) is 2. The van der Waals surface area contributed by atoms with E-state index in [0.29, 0.717) is 17.9 Å². The second-order valence-corrected chi connectivity index (χ2v) is 17.7. The minimum Gasteiger partial charge on any atom is -0.481 e. The largest absolute Gasteiger partial charge is 0.481 e. The second kappa shape index (κ2) is 8.65. The van der Waals surface area contributed by atoms with Gasteiger partial charge in [-0.25, -0.2) is 4.99 Å². The van der Waals surface area contributed by atoms with Crippen molar-refractivity contribution < 1.29 is 9.90 Å². The van der Waals surface area contributed by atoms with E-state index in [4.69, 9.17) is 9.98 Å². The van der Waals surface area contributed by atoms with Crippen molar-refractivity contribution in [2.45, 2.75) is 103 Å². The Balaban J connectivity index is 1.83. The zero-order valence-electron chi connectivity index (χ0n) is 23.6. The van der Waals surface area contributed by atoms with E-state index >= 15 is 0 Å². The Morgan fingerprint density at radius 2 is 1.86 bits per heavy atom. The van der Waals surface area contributed by atoms with E-state index in [1.807, 2.05) is 0 Å². The van der Waals surface area contributed by atoms with Gasteiger partial charge in [-0.1, -0.05) is 26.8 Å². The van der Waals surface area contributed by atoms with E-state index in [1.165, 1.54) is 27.2 Å². The molecular formula is C31H41N3O2Si. The Labute approximate surface area is 221 Å². The van der Waals surface area contributed by atoms with Crippen molar-refractivity contribution in [3.05, 3.63) is 52.2 Å². The van der Waals surface area contributed by atoms with Gasteiger partial charge >= 0.3 is 5.97 Å². The first-order chi connectivity index (χ1) is 17.2. The number of anilines is 1. The van der Waals surface area contributed by atoms with E-state index in [9.17, 15) is 9.90 Å². The molecule has 0 amide bonds.